The van der Waals surface area contributed by atoms with E-state index in [0.29, 0.717) is 39.9 Å². The second-order valence-corrected chi connectivity index (χ2v) is 7.08. The quantitative estimate of drug-likeness (QED) is 0.397. The highest BCUT2D eigenvalue weighted by molar-refractivity contribution is 6.37. The molecule has 1 heterocycles. The highest BCUT2D eigenvalue weighted by Crippen LogP contribution is 2.28. The third kappa shape index (κ3) is 4.21. The van der Waals surface area contributed by atoms with Gasteiger partial charge in [0.15, 0.2) is 5.58 Å². The summed E-state index contributed by atoms with van der Waals surface area (Å²) in [5.41, 5.74) is 3.01. The number of anilines is 1. The number of hydrogen-bond donors (Lipinski definition) is 1. The van der Waals surface area contributed by atoms with E-state index in [1.54, 1.807) is 30.3 Å². The fraction of sp³-hybridized carbons (Fsp3) is 0.0909. The molecule has 0 saturated heterocycles. The van der Waals surface area contributed by atoms with E-state index in [9.17, 15) is 4.79 Å². The number of amides is 1. The van der Waals surface area contributed by atoms with Crippen LogP contribution in [0.15, 0.2) is 65.1 Å². The Morgan fingerprint density at radius 2 is 1.86 bits per heavy atom. The van der Waals surface area contributed by atoms with Gasteiger partial charge in [-0.25, -0.2) is 4.98 Å². The van der Waals surface area contributed by atoms with Gasteiger partial charge in [-0.15, -0.1) is 0 Å². The number of oxazole rings is 1. The fourth-order valence-electron chi connectivity index (χ4n) is 2.86. The van der Waals surface area contributed by atoms with E-state index < -0.39 is 0 Å². The summed E-state index contributed by atoms with van der Waals surface area (Å²) in [6, 6.07) is 17.5. The first-order valence-corrected chi connectivity index (χ1v) is 9.69. The van der Waals surface area contributed by atoms with Crippen molar-refractivity contribution in [2.45, 2.75) is 6.92 Å². The number of aromatic nitrogens is 1. The third-order valence-electron chi connectivity index (χ3n) is 4.23. The predicted octanol–water partition coefficient (Wildman–Crippen LogP) is 6.45. The van der Waals surface area contributed by atoms with E-state index in [1.165, 1.54) is 6.07 Å². The second kappa shape index (κ2) is 8.15. The Morgan fingerprint density at radius 1 is 1.07 bits per heavy atom. The van der Waals surface area contributed by atoms with Crippen LogP contribution in [0.2, 0.25) is 10.0 Å². The van der Waals surface area contributed by atoms with Gasteiger partial charge in [0.25, 0.3) is 5.91 Å². The molecule has 0 bridgehead atoms. The molecular formula is C22H16Cl2N2O3. The highest BCUT2D eigenvalue weighted by Gasteiger charge is 2.13. The maximum Gasteiger partial charge on any atom is 0.257 e. The highest BCUT2D eigenvalue weighted by atomic mass is 35.5. The van der Waals surface area contributed by atoms with Crippen molar-refractivity contribution in [3.8, 4) is 17.2 Å². The summed E-state index contributed by atoms with van der Waals surface area (Å²) in [4.78, 5) is 17.0. The molecule has 4 rings (SSSR count). The standard InChI is InChI=1S/C22H16Cl2N2O3/c1-2-28-16-7-3-13(4-8-16)22-26-19-12-15(6-10-20(19)29-22)25-21(27)17-9-5-14(23)11-18(17)24/h3-12H,2H2,1H3,(H,25,27). The van der Waals surface area contributed by atoms with E-state index in [4.69, 9.17) is 32.4 Å². The van der Waals surface area contributed by atoms with Crippen LogP contribution in [0.3, 0.4) is 0 Å². The average Bonchev–Trinajstić information content (AvgIpc) is 3.12. The molecule has 3 aromatic carbocycles. The normalized spacial score (nSPS) is 10.9. The van der Waals surface area contributed by atoms with Crippen molar-refractivity contribution in [2.24, 2.45) is 0 Å². The number of carbonyl (C=O) groups excluding carboxylic acids is 1. The van der Waals surface area contributed by atoms with Gasteiger partial charge in [0.2, 0.25) is 5.89 Å². The fourth-order valence-corrected chi connectivity index (χ4v) is 3.36. The number of halogens is 2. The van der Waals surface area contributed by atoms with Crippen LogP contribution in [0.1, 0.15) is 17.3 Å². The molecular weight excluding hydrogens is 411 g/mol. The van der Waals surface area contributed by atoms with Crippen LogP contribution in [0.25, 0.3) is 22.6 Å². The van der Waals surface area contributed by atoms with Crippen LogP contribution in [0.5, 0.6) is 5.75 Å². The zero-order chi connectivity index (χ0) is 20.4. The molecule has 5 nitrogen and oxygen atoms in total. The predicted molar refractivity (Wildman–Crippen MR) is 115 cm³/mol. The van der Waals surface area contributed by atoms with Crippen molar-refractivity contribution in [1.29, 1.82) is 0 Å². The number of ether oxygens (including phenoxy) is 1. The van der Waals surface area contributed by atoms with Crippen LogP contribution in [0, 0.1) is 0 Å². The smallest absolute Gasteiger partial charge is 0.257 e. The van der Waals surface area contributed by atoms with Gasteiger partial charge in [0, 0.05) is 16.3 Å². The molecule has 0 aliphatic heterocycles. The molecule has 0 radical (unpaired) electrons. The summed E-state index contributed by atoms with van der Waals surface area (Å²) in [6.45, 7) is 2.55. The Bertz CT molecular complexity index is 1190. The number of hydrogen-bond acceptors (Lipinski definition) is 4. The number of rotatable bonds is 5. The van der Waals surface area contributed by atoms with Gasteiger partial charge < -0.3 is 14.5 Å². The van der Waals surface area contributed by atoms with E-state index in [2.05, 4.69) is 10.3 Å². The molecule has 1 amide bonds. The number of nitrogens with zero attached hydrogens (tertiary/aromatic N) is 1. The molecule has 0 fully saturated rings. The first-order valence-electron chi connectivity index (χ1n) is 8.93. The molecule has 4 aromatic rings. The lowest BCUT2D eigenvalue weighted by atomic mass is 10.2. The van der Waals surface area contributed by atoms with E-state index >= 15 is 0 Å². The zero-order valence-corrected chi connectivity index (χ0v) is 16.9. The van der Waals surface area contributed by atoms with Gasteiger partial charge in [-0.3, -0.25) is 4.79 Å². The van der Waals surface area contributed by atoms with Gasteiger partial charge >= 0.3 is 0 Å². The van der Waals surface area contributed by atoms with Crippen LogP contribution in [0.4, 0.5) is 5.69 Å². The van der Waals surface area contributed by atoms with Gasteiger partial charge in [0.1, 0.15) is 11.3 Å². The molecule has 29 heavy (non-hydrogen) atoms. The van der Waals surface area contributed by atoms with Gasteiger partial charge in [-0.05, 0) is 67.6 Å². The van der Waals surface area contributed by atoms with Crippen molar-refractivity contribution in [2.75, 3.05) is 11.9 Å². The molecule has 7 heteroatoms. The zero-order valence-electron chi connectivity index (χ0n) is 15.4. The van der Waals surface area contributed by atoms with Crippen LogP contribution in [-0.2, 0) is 0 Å². The summed E-state index contributed by atoms with van der Waals surface area (Å²) in [5, 5.41) is 3.57. The first kappa shape index (κ1) is 19.3. The Kier molecular flexibility index (Phi) is 5.43. The molecule has 0 atom stereocenters. The monoisotopic (exact) mass is 426 g/mol. The average molecular weight is 427 g/mol. The largest absolute Gasteiger partial charge is 0.494 e. The summed E-state index contributed by atoms with van der Waals surface area (Å²) < 4.78 is 11.3. The molecule has 1 N–H and O–H groups in total. The Labute approximate surface area is 177 Å². The van der Waals surface area contributed by atoms with Crippen molar-refractivity contribution in [3.63, 3.8) is 0 Å². The van der Waals surface area contributed by atoms with Crippen molar-refractivity contribution < 1.29 is 13.9 Å². The summed E-state index contributed by atoms with van der Waals surface area (Å²) in [5.74, 6) is 0.951. The van der Waals surface area contributed by atoms with Gasteiger partial charge in [-0.1, -0.05) is 23.2 Å². The maximum atomic E-state index is 12.5. The van der Waals surface area contributed by atoms with Crippen LogP contribution < -0.4 is 10.1 Å². The van der Waals surface area contributed by atoms with E-state index in [1.807, 2.05) is 31.2 Å². The molecule has 0 spiro atoms. The van der Waals surface area contributed by atoms with E-state index in [0.717, 1.165) is 11.3 Å². The first-order chi connectivity index (χ1) is 14.0. The second-order valence-electron chi connectivity index (χ2n) is 6.24. The lowest BCUT2D eigenvalue weighted by Crippen LogP contribution is -2.12. The van der Waals surface area contributed by atoms with Gasteiger partial charge in [0.05, 0.1) is 17.2 Å². The number of fused-ring (bicyclic) bond motifs is 1. The molecule has 0 unspecified atom stereocenters. The minimum absolute atomic E-state index is 0.287. The summed E-state index contributed by atoms with van der Waals surface area (Å²) in [7, 11) is 0. The van der Waals surface area contributed by atoms with Crippen molar-refractivity contribution in [3.05, 3.63) is 76.3 Å². The molecule has 0 saturated carbocycles. The van der Waals surface area contributed by atoms with Crippen LogP contribution in [-0.4, -0.2) is 17.5 Å². The lowest BCUT2D eigenvalue weighted by Gasteiger charge is -2.06. The molecule has 146 valence electrons. The number of nitrogens with one attached hydrogen (secondary N) is 1. The van der Waals surface area contributed by atoms with Crippen molar-refractivity contribution >= 4 is 45.9 Å². The topological polar surface area (TPSA) is 64.4 Å². The molecule has 0 aliphatic carbocycles. The number of benzene rings is 3. The minimum Gasteiger partial charge on any atom is -0.494 e. The Balaban J connectivity index is 1.57. The maximum absolute atomic E-state index is 12.5. The SMILES string of the molecule is CCOc1ccc(-c2nc3cc(NC(=O)c4ccc(Cl)cc4Cl)ccc3o2)cc1. The Morgan fingerprint density at radius 3 is 2.59 bits per heavy atom. The van der Waals surface area contributed by atoms with Crippen molar-refractivity contribution in [1.82, 2.24) is 4.98 Å². The third-order valence-corrected chi connectivity index (χ3v) is 4.78. The van der Waals surface area contributed by atoms with Gasteiger partial charge in [-0.2, -0.15) is 0 Å². The molecule has 0 aliphatic rings. The van der Waals surface area contributed by atoms with Crippen LogP contribution >= 0.6 is 23.2 Å². The lowest BCUT2D eigenvalue weighted by molar-refractivity contribution is 0.102. The molecule has 1 aromatic heterocycles. The summed E-state index contributed by atoms with van der Waals surface area (Å²) in [6.07, 6.45) is 0. The minimum atomic E-state index is -0.332. The Hall–Kier alpha value is -3.02. The van der Waals surface area contributed by atoms with E-state index in [-0.39, 0.29) is 10.9 Å². The number of carbonyl (C=O) groups is 1. The summed E-state index contributed by atoms with van der Waals surface area (Å²) >= 11 is 12.0.